The number of hydrogen-bond donors (Lipinski definition) is 1. The molecule has 1 aromatic rings. The molecule has 3 rings (SSSR count). The van der Waals surface area contributed by atoms with Gasteiger partial charge in [0.15, 0.2) is 11.5 Å². The van der Waals surface area contributed by atoms with Crippen LogP contribution in [0.3, 0.4) is 0 Å². The van der Waals surface area contributed by atoms with E-state index in [1.165, 1.54) is 11.1 Å². The first-order valence-corrected chi connectivity index (χ1v) is 11.2. The number of hydrogen-bond acceptors (Lipinski definition) is 6. The molecule has 6 heteroatoms. The summed E-state index contributed by atoms with van der Waals surface area (Å²) < 4.78 is 17.2. The molecule has 4 unspecified atom stereocenters. The molecule has 30 heavy (non-hydrogen) atoms. The maximum absolute atomic E-state index is 12.7. The summed E-state index contributed by atoms with van der Waals surface area (Å²) in [6, 6.07) is 3.87. The highest BCUT2D eigenvalue weighted by molar-refractivity contribution is 5.76. The fraction of sp³-hybridized carbons (Fsp3) is 0.708. The molecule has 0 bridgehead atoms. The van der Waals surface area contributed by atoms with Crippen LogP contribution >= 0.6 is 0 Å². The van der Waals surface area contributed by atoms with Crippen LogP contribution in [0.4, 0.5) is 0 Å². The molecule has 1 aromatic carbocycles. The summed E-state index contributed by atoms with van der Waals surface area (Å²) in [4.78, 5) is 15.2. The number of ether oxygens (including phenoxy) is 3. The van der Waals surface area contributed by atoms with Crippen molar-refractivity contribution in [3.8, 4) is 11.5 Å². The van der Waals surface area contributed by atoms with Crippen molar-refractivity contribution in [3.63, 3.8) is 0 Å². The average molecular weight is 419 g/mol. The van der Waals surface area contributed by atoms with Crippen molar-refractivity contribution in [2.24, 2.45) is 23.5 Å². The Labute approximate surface area is 181 Å². The van der Waals surface area contributed by atoms with Crippen molar-refractivity contribution < 1.29 is 19.0 Å². The predicted octanol–water partition coefficient (Wildman–Crippen LogP) is 3.56. The first-order chi connectivity index (χ1) is 14.3. The number of esters is 1. The van der Waals surface area contributed by atoms with Gasteiger partial charge >= 0.3 is 5.97 Å². The summed E-state index contributed by atoms with van der Waals surface area (Å²) in [5.41, 5.74) is 8.66. The standard InChI is InChI=1S/C24H38N2O4/c1-14(2)11-18-19(30-24(27)22(25)15(3)4)8-10-26-9-7-16-12-20(28-5)21(29-6)13-17(16)23(18)26/h12-15,18-19,22-23H,7-11,25H2,1-6H3. The van der Waals surface area contributed by atoms with Crippen molar-refractivity contribution >= 4 is 5.97 Å². The minimum absolute atomic E-state index is 0.0632. The van der Waals surface area contributed by atoms with Crippen LogP contribution in [0.5, 0.6) is 11.5 Å². The summed E-state index contributed by atoms with van der Waals surface area (Å²) in [6.45, 7) is 10.3. The van der Waals surface area contributed by atoms with E-state index in [4.69, 9.17) is 19.9 Å². The molecule has 1 saturated heterocycles. The summed E-state index contributed by atoms with van der Waals surface area (Å²) in [5.74, 6) is 2.03. The number of benzene rings is 1. The Morgan fingerprint density at radius 3 is 2.40 bits per heavy atom. The van der Waals surface area contributed by atoms with E-state index >= 15 is 0 Å². The third-order valence-corrected chi connectivity index (χ3v) is 6.61. The molecule has 2 aliphatic heterocycles. The quantitative estimate of drug-likeness (QED) is 0.683. The first kappa shape index (κ1) is 22.9. The van der Waals surface area contributed by atoms with Crippen LogP contribution in [-0.4, -0.2) is 50.3 Å². The van der Waals surface area contributed by atoms with E-state index < -0.39 is 6.04 Å². The molecule has 6 nitrogen and oxygen atoms in total. The molecular weight excluding hydrogens is 380 g/mol. The number of carbonyl (C=O) groups is 1. The number of nitrogens with two attached hydrogens (primary N) is 1. The van der Waals surface area contributed by atoms with E-state index in [-0.39, 0.29) is 30.0 Å². The van der Waals surface area contributed by atoms with Gasteiger partial charge in [0.25, 0.3) is 0 Å². The van der Waals surface area contributed by atoms with Gasteiger partial charge in [-0.25, -0.2) is 0 Å². The first-order valence-electron chi connectivity index (χ1n) is 11.2. The summed E-state index contributed by atoms with van der Waals surface area (Å²) >= 11 is 0. The zero-order chi connectivity index (χ0) is 22.0. The lowest BCUT2D eigenvalue weighted by Gasteiger charge is -2.49. The summed E-state index contributed by atoms with van der Waals surface area (Å²) in [5, 5.41) is 0. The van der Waals surface area contributed by atoms with Gasteiger partial charge in [0.2, 0.25) is 0 Å². The van der Waals surface area contributed by atoms with Crippen molar-refractivity contribution in [1.82, 2.24) is 4.90 Å². The second-order valence-electron chi connectivity index (χ2n) is 9.46. The van der Waals surface area contributed by atoms with Gasteiger partial charge in [-0.1, -0.05) is 27.7 Å². The zero-order valence-electron chi connectivity index (χ0n) is 19.3. The van der Waals surface area contributed by atoms with E-state index in [9.17, 15) is 4.79 Å². The van der Waals surface area contributed by atoms with E-state index in [1.54, 1.807) is 14.2 Å². The van der Waals surface area contributed by atoms with Gasteiger partial charge in [-0.2, -0.15) is 0 Å². The van der Waals surface area contributed by atoms with Crippen molar-refractivity contribution in [3.05, 3.63) is 23.3 Å². The molecule has 168 valence electrons. The maximum Gasteiger partial charge on any atom is 0.323 e. The van der Waals surface area contributed by atoms with Crippen LogP contribution in [0.25, 0.3) is 0 Å². The lowest BCUT2D eigenvalue weighted by atomic mass is 9.74. The van der Waals surface area contributed by atoms with Gasteiger partial charge in [-0.3, -0.25) is 9.69 Å². The smallest absolute Gasteiger partial charge is 0.323 e. The molecule has 0 radical (unpaired) electrons. The highest BCUT2D eigenvalue weighted by Gasteiger charge is 2.44. The Hall–Kier alpha value is -1.79. The van der Waals surface area contributed by atoms with Gasteiger partial charge in [-0.15, -0.1) is 0 Å². The Morgan fingerprint density at radius 1 is 1.13 bits per heavy atom. The van der Waals surface area contributed by atoms with Crippen LogP contribution < -0.4 is 15.2 Å². The van der Waals surface area contributed by atoms with E-state index in [0.29, 0.717) is 5.92 Å². The lowest BCUT2D eigenvalue weighted by molar-refractivity contribution is -0.161. The van der Waals surface area contributed by atoms with Gasteiger partial charge in [-0.05, 0) is 54.4 Å². The summed E-state index contributed by atoms with van der Waals surface area (Å²) in [6.07, 6.45) is 2.71. The van der Waals surface area contributed by atoms with Crippen LogP contribution in [0.1, 0.15) is 57.7 Å². The van der Waals surface area contributed by atoms with Gasteiger partial charge < -0.3 is 19.9 Å². The Morgan fingerprint density at radius 2 is 1.80 bits per heavy atom. The number of fused-ring (bicyclic) bond motifs is 3. The van der Waals surface area contributed by atoms with Crippen LogP contribution in [0, 0.1) is 17.8 Å². The lowest BCUT2D eigenvalue weighted by Crippen LogP contribution is -2.51. The zero-order valence-corrected chi connectivity index (χ0v) is 19.3. The molecule has 4 atom stereocenters. The molecule has 2 aliphatic rings. The van der Waals surface area contributed by atoms with E-state index in [2.05, 4.69) is 30.9 Å². The predicted molar refractivity (Wildman–Crippen MR) is 118 cm³/mol. The highest BCUT2D eigenvalue weighted by atomic mass is 16.5. The third-order valence-electron chi connectivity index (χ3n) is 6.61. The molecule has 0 aromatic heterocycles. The molecular formula is C24H38N2O4. The highest BCUT2D eigenvalue weighted by Crippen LogP contribution is 2.47. The van der Waals surface area contributed by atoms with Crippen molar-refractivity contribution in [1.29, 1.82) is 0 Å². The van der Waals surface area contributed by atoms with E-state index in [0.717, 1.165) is 43.9 Å². The van der Waals surface area contributed by atoms with Gasteiger partial charge in [0, 0.05) is 25.0 Å². The topological polar surface area (TPSA) is 74.0 Å². The van der Waals surface area contributed by atoms with Crippen LogP contribution in [0.2, 0.25) is 0 Å². The second kappa shape index (κ2) is 9.56. The van der Waals surface area contributed by atoms with Crippen molar-refractivity contribution in [2.75, 3.05) is 27.3 Å². The molecule has 0 aliphatic carbocycles. The molecule has 0 saturated carbocycles. The fourth-order valence-electron chi connectivity index (χ4n) is 4.96. The third kappa shape index (κ3) is 4.59. The minimum atomic E-state index is -0.578. The minimum Gasteiger partial charge on any atom is -0.493 e. The number of piperidine rings is 1. The average Bonchev–Trinajstić information content (AvgIpc) is 2.72. The maximum atomic E-state index is 12.7. The number of methoxy groups -OCH3 is 2. The SMILES string of the molecule is COc1cc2c(cc1OC)C1C(CC(C)C)C(OC(=O)C(N)C(C)C)CCN1CC2. The number of rotatable bonds is 7. The second-order valence-corrected chi connectivity index (χ2v) is 9.46. The summed E-state index contributed by atoms with van der Waals surface area (Å²) in [7, 11) is 3.35. The van der Waals surface area contributed by atoms with Crippen LogP contribution in [0.15, 0.2) is 12.1 Å². The monoisotopic (exact) mass is 418 g/mol. The Bertz CT molecular complexity index is 749. The Kier molecular flexibility index (Phi) is 7.30. The largest absolute Gasteiger partial charge is 0.493 e. The van der Waals surface area contributed by atoms with Gasteiger partial charge in [0.05, 0.1) is 14.2 Å². The molecule has 0 amide bonds. The van der Waals surface area contributed by atoms with Gasteiger partial charge in [0.1, 0.15) is 12.1 Å². The number of carbonyl (C=O) groups excluding carboxylic acids is 1. The van der Waals surface area contributed by atoms with Crippen LogP contribution in [-0.2, 0) is 16.0 Å². The molecule has 0 spiro atoms. The molecule has 1 fully saturated rings. The number of nitrogens with zero attached hydrogens (tertiary/aromatic N) is 1. The Balaban J connectivity index is 1.96. The molecule has 2 N–H and O–H groups in total. The van der Waals surface area contributed by atoms with E-state index in [1.807, 2.05) is 13.8 Å². The fourth-order valence-corrected chi connectivity index (χ4v) is 4.96. The normalized spacial score (nSPS) is 24.9. The molecule has 2 heterocycles. The van der Waals surface area contributed by atoms with Crippen molar-refractivity contribution in [2.45, 2.75) is 65.1 Å².